The standard InChI is InChI=1S/C19H30O2/c1-5-6-7-8-13-19(3,4)17-12-11-16(18(21)14-17)10-9-15(2)20/h11-12,14,21H,5-10,13H2,1-4H3. The summed E-state index contributed by atoms with van der Waals surface area (Å²) in [5.74, 6) is 0.491. The molecule has 1 aromatic rings. The molecular weight excluding hydrogens is 260 g/mol. The maximum absolute atomic E-state index is 11.0. The lowest BCUT2D eigenvalue weighted by molar-refractivity contribution is -0.116. The van der Waals surface area contributed by atoms with E-state index >= 15 is 0 Å². The van der Waals surface area contributed by atoms with Crippen LogP contribution in [-0.4, -0.2) is 10.9 Å². The molecular formula is C19H30O2. The molecule has 2 nitrogen and oxygen atoms in total. The van der Waals surface area contributed by atoms with E-state index in [1.54, 1.807) is 6.92 Å². The number of hydrogen-bond donors (Lipinski definition) is 1. The molecule has 0 aliphatic carbocycles. The van der Waals surface area contributed by atoms with Crippen LogP contribution in [0, 0.1) is 0 Å². The van der Waals surface area contributed by atoms with Crippen LogP contribution < -0.4 is 0 Å². The van der Waals surface area contributed by atoms with Crippen LogP contribution in [0.3, 0.4) is 0 Å². The SMILES string of the molecule is CCCCCCC(C)(C)c1ccc(CCC(C)=O)c(O)c1. The van der Waals surface area contributed by atoms with Gasteiger partial charge in [0.2, 0.25) is 0 Å². The summed E-state index contributed by atoms with van der Waals surface area (Å²) in [5, 5.41) is 10.2. The predicted molar refractivity (Wildman–Crippen MR) is 88.9 cm³/mol. The highest BCUT2D eigenvalue weighted by Gasteiger charge is 2.21. The van der Waals surface area contributed by atoms with Gasteiger partial charge in [0.15, 0.2) is 0 Å². The summed E-state index contributed by atoms with van der Waals surface area (Å²) in [4.78, 5) is 11.0. The Balaban J connectivity index is 2.69. The van der Waals surface area contributed by atoms with Crippen molar-refractivity contribution in [3.8, 4) is 5.75 Å². The first-order chi connectivity index (χ1) is 9.86. The molecule has 0 unspecified atom stereocenters. The van der Waals surface area contributed by atoms with Crippen LogP contribution in [0.1, 0.15) is 77.3 Å². The third kappa shape index (κ3) is 5.91. The zero-order chi connectivity index (χ0) is 15.9. The number of hydrogen-bond acceptors (Lipinski definition) is 2. The van der Waals surface area contributed by atoms with Crippen molar-refractivity contribution in [2.24, 2.45) is 0 Å². The number of unbranched alkanes of at least 4 members (excludes halogenated alkanes) is 3. The smallest absolute Gasteiger partial charge is 0.130 e. The number of phenolic OH excluding ortho intramolecular Hbond substituents is 1. The van der Waals surface area contributed by atoms with Gasteiger partial charge >= 0.3 is 0 Å². The van der Waals surface area contributed by atoms with E-state index in [4.69, 9.17) is 0 Å². The van der Waals surface area contributed by atoms with Crippen LogP contribution in [0.2, 0.25) is 0 Å². The molecule has 0 aliphatic rings. The van der Waals surface area contributed by atoms with Crippen molar-refractivity contribution in [3.05, 3.63) is 29.3 Å². The number of aryl methyl sites for hydroxylation is 1. The van der Waals surface area contributed by atoms with Crippen LogP contribution in [0.25, 0.3) is 0 Å². The van der Waals surface area contributed by atoms with Gasteiger partial charge < -0.3 is 9.90 Å². The molecule has 0 saturated carbocycles. The number of carbonyl (C=O) groups excluding carboxylic acids is 1. The third-order valence-electron chi connectivity index (χ3n) is 4.27. The van der Waals surface area contributed by atoms with E-state index in [0.29, 0.717) is 18.6 Å². The van der Waals surface area contributed by atoms with Crippen LogP contribution >= 0.6 is 0 Å². The second-order valence-electron chi connectivity index (χ2n) is 6.74. The molecule has 0 saturated heterocycles. The Morgan fingerprint density at radius 3 is 2.48 bits per heavy atom. The average molecular weight is 290 g/mol. The lowest BCUT2D eigenvalue weighted by atomic mass is 9.79. The number of Topliss-reactive ketones (excluding diaryl/α,β-unsaturated/α-hetero) is 1. The Morgan fingerprint density at radius 1 is 1.19 bits per heavy atom. The fraction of sp³-hybridized carbons (Fsp3) is 0.632. The van der Waals surface area contributed by atoms with Crippen LogP contribution in [0.15, 0.2) is 18.2 Å². The van der Waals surface area contributed by atoms with E-state index in [2.05, 4.69) is 26.8 Å². The van der Waals surface area contributed by atoms with Gasteiger partial charge in [-0.15, -0.1) is 0 Å². The quantitative estimate of drug-likeness (QED) is 0.638. The van der Waals surface area contributed by atoms with E-state index in [-0.39, 0.29) is 11.2 Å². The third-order valence-corrected chi connectivity index (χ3v) is 4.27. The van der Waals surface area contributed by atoms with Crippen molar-refractivity contribution in [2.75, 3.05) is 0 Å². The average Bonchev–Trinajstić information content (AvgIpc) is 2.42. The molecule has 21 heavy (non-hydrogen) atoms. The van der Waals surface area contributed by atoms with Gasteiger partial charge in [-0.05, 0) is 42.4 Å². The number of rotatable bonds is 9. The minimum absolute atomic E-state index is 0.0876. The van der Waals surface area contributed by atoms with Gasteiger partial charge in [-0.25, -0.2) is 0 Å². The molecule has 2 heteroatoms. The van der Waals surface area contributed by atoms with Gasteiger partial charge in [0.1, 0.15) is 11.5 Å². The summed E-state index contributed by atoms with van der Waals surface area (Å²) in [5.41, 5.74) is 2.14. The van der Waals surface area contributed by atoms with E-state index in [1.165, 1.54) is 31.2 Å². The van der Waals surface area contributed by atoms with Crippen molar-refractivity contribution in [2.45, 2.75) is 78.1 Å². The molecule has 0 aromatic heterocycles. The van der Waals surface area contributed by atoms with Crippen molar-refractivity contribution < 1.29 is 9.90 Å². The predicted octanol–water partition coefficient (Wildman–Crippen LogP) is 5.16. The molecule has 0 aliphatic heterocycles. The topological polar surface area (TPSA) is 37.3 Å². The summed E-state index contributed by atoms with van der Waals surface area (Å²) >= 11 is 0. The summed E-state index contributed by atoms with van der Waals surface area (Å²) in [6.45, 7) is 8.29. The molecule has 0 spiro atoms. The first-order valence-electron chi connectivity index (χ1n) is 8.18. The summed E-state index contributed by atoms with van der Waals surface area (Å²) in [6.07, 6.45) is 7.32. The molecule has 1 rings (SSSR count). The Bertz CT molecular complexity index is 461. The van der Waals surface area contributed by atoms with E-state index in [1.807, 2.05) is 12.1 Å². The molecule has 0 amide bonds. The molecule has 1 N–H and O–H groups in total. The fourth-order valence-corrected chi connectivity index (χ4v) is 2.64. The highest BCUT2D eigenvalue weighted by molar-refractivity contribution is 5.75. The number of aromatic hydroxyl groups is 1. The maximum atomic E-state index is 11.0. The monoisotopic (exact) mass is 290 g/mol. The van der Waals surface area contributed by atoms with Gasteiger partial charge in [0.25, 0.3) is 0 Å². The van der Waals surface area contributed by atoms with Crippen molar-refractivity contribution in [3.63, 3.8) is 0 Å². The van der Waals surface area contributed by atoms with E-state index in [0.717, 1.165) is 12.0 Å². The van der Waals surface area contributed by atoms with E-state index in [9.17, 15) is 9.90 Å². The maximum Gasteiger partial charge on any atom is 0.130 e. The van der Waals surface area contributed by atoms with Gasteiger partial charge in [-0.3, -0.25) is 0 Å². The molecule has 0 bridgehead atoms. The lowest BCUT2D eigenvalue weighted by Crippen LogP contribution is -2.17. The zero-order valence-corrected chi connectivity index (χ0v) is 14.0. The molecule has 118 valence electrons. The minimum Gasteiger partial charge on any atom is -0.508 e. The lowest BCUT2D eigenvalue weighted by Gasteiger charge is -2.26. The zero-order valence-electron chi connectivity index (χ0n) is 14.0. The first kappa shape index (κ1) is 17.7. The first-order valence-corrected chi connectivity index (χ1v) is 8.18. The molecule has 0 heterocycles. The Kier molecular flexibility index (Phi) is 6.94. The number of carbonyl (C=O) groups is 1. The van der Waals surface area contributed by atoms with Gasteiger partial charge in [0.05, 0.1) is 0 Å². The highest BCUT2D eigenvalue weighted by Crippen LogP contribution is 2.33. The van der Waals surface area contributed by atoms with Crippen molar-refractivity contribution >= 4 is 5.78 Å². The molecule has 0 radical (unpaired) electrons. The van der Waals surface area contributed by atoms with Gasteiger partial charge in [-0.2, -0.15) is 0 Å². The fourth-order valence-electron chi connectivity index (χ4n) is 2.64. The number of phenols is 1. The van der Waals surface area contributed by atoms with E-state index < -0.39 is 0 Å². The van der Waals surface area contributed by atoms with Crippen molar-refractivity contribution in [1.82, 2.24) is 0 Å². The summed E-state index contributed by atoms with van der Waals surface area (Å²) in [7, 11) is 0. The number of benzene rings is 1. The Morgan fingerprint density at radius 2 is 1.90 bits per heavy atom. The Labute approximate surface area is 129 Å². The summed E-state index contributed by atoms with van der Waals surface area (Å²) < 4.78 is 0. The van der Waals surface area contributed by atoms with Gasteiger partial charge in [0, 0.05) is 6.42 Å². The minimum atomic E-state index is 0.0876. The molecule has 0 atom stereocenters. The van der Waals surface area contributed by atoms with Crippen LogP contribution in [0.5, 0.6) is 5.75 Å². The van der Waals surface area contributed by atoms with Crippen LogP contribution in [0.4, 0.5) is 0 Å². The Hall–Kier alpha value is -1.31. The second-order valence-corrected chi connectivity index (χ2v) is 6.74. The molecule has 1 aromatic carbocycles. The molecule has 0 fully saturated rings. The largest absolute Gasteiger partial charge is 0.508 e. The van der Waals surface area contributed by atoms with Crippen LogP contribution in [-0.2, 0) is 16.6 Å². The normalized spacial score (nSPS) is 11.6. The highest BCUT2D eigenvalue weighted by atomic mass is 16.3. The van der Waals surface area contributed by atoms with Gasteiger partial charge in [-0.1, -0.05) is 58.6 Å². The summed E-state index contributed by atoms with van der Waals surface area (Å²) in [6, 6.07) is 5.96. The second kappa shape index (κ2) is 8.21. The van der Waals surface area contributed by atoms with Crippen molar-refractivity contribution in [1.29, 1.82) is 0 Å². The number of ketones is 1.